The maximum Gasteiger partial charge on any atom is 0.276 e. The number of ether oxygens (including phenoxy) is 3. The molecule has 2 N–H and O–H groups in total. The van der Waals surface area contributed by atoms with Gasteiger partial charge in [-0.3, -0.25) is 25.2 Å². The van der Waals surface area contributed by atoms with E-state index < -0.39 is 17.7 Å². The predicted octanol–water partition coefficient (Wildman–Crippen LogP) is 1.94. The first-order chi connectivity index (χ1) is 16.3. The number of rotatable bonds is 9. The normalized spacial score (nSPS) is 15.1. The average molecular weight is 470 g/mol. The first-order valence-electron chi connectivity index (χ1n) is 11.1. The zero-order valence-electron chi connectivity index (χ0n) is 20.0. The molecule has 0 aromatic heterocycles. The molecule has 1 fully saturated rings. The molecule has 0 aliphatic carbocycles. The van der Waals surface area contributed by atoms with E-state index in [1.165, 1.54) is 0 Å². The number of likely N-dealkylation sites (tertiary alicyclic amines) is 1. The highest BCUT2D eigenvalue weighted by molar-refractivity contribution is 5.90. The maximum absolute atomic E-state index is 12.5. The van der Waals surface area contributed by atoms with Gasteiger partial charge < -0.3 is 19.1 Å². The SMILES string of the molecule is COc1ccc(CCN2CC(C(=O)NNC(=O)COc3cc(C)ccc3C)CC2=O)cc1OC. The van der Waals surface area contributed by atoms with Gasteiger partial charge >= 0.3 is 0 Å². The van der Waals surface area contributed by atoms with Gasteiger partial charge in [-0.25, -0.2) is 0 Å². The Balaban J connectivity index is 1.43. The number of amides is 3. The number of benzene rings is 2. The summed E-state index contributed by atoms with van der Waals surface area (Å²) in [7, 11) is 3.15. The Bertz CT molecular complexity index is 1050. The van der Waals surface area contributed by atoms with Crippen molar-refractivity contribution in [1.82, 2.24) is 15.8 Å². The van der Waals surface area contributed by atoms with Gasteiger partial charge in [-0.2, -0.15) is 0 Å². The second kappa shape index (κ2) is 11.4. The molecule has 2 aromatic rings. The number of carbonyl (C=O) groups excluding carboxylic acids is 3. The summed E-state index contributed by atoms with van der Waals surface area (Å²) in [6, 6.07) is 11.3. The molecule has 1 aliphatic heterocycles. The molecule has 1 unspecified atom stereocenters. The molecule has 3 amide bonds. The molecule has 1 atom stereocenters. The largest absolute Gasteiger partial charge is 0.493 e. The number of hydrogen-bond acceptors (Lipinski definition) is 6. The third-order valence-electron chi connectivity index (χ3n) is 5.73. The van der Waals surface area contributed by atoms with Gasteiger partial charge in [0.05, 0.1) is 20.1 Å². The lowest BCUT2D eigenvalue weighted by Gasteiger charge is -2.17. The van der Waals surface area contributed by atoms with Crippen molar-refractivity contribution >= 4 is 17.7 Å². The van der Waals surface area contributed by atoms with Crippen molar-refractivity contribution in [2.45, 2.75) is 26.7 Å². The highest BCUT2D eigenvalue weighted by atomic mass is 16.5. The van der Waals surface area contributed by atoms with Crippen LogP contribution in [-0.2, 0) is 20.8 Å². The lowest BCUT2D eigenvalue weighted by molar-refractivity contribution is -0.132. The number of hydrazine groups is 1. The van der Waals surface area contributed by atoms with Gasteiger partial charge in [0.25, 0.3) is 5.91 Å². The molecular formula is C25H31N3O6. The Labute approximate surface area is 199 Å². The van der Waals surface area contributed by atoms with Crippen molar-refractivity contribution < 1.29 is 28.6 Å². The molecule has 3 rings (SSSR count). The van der Waals surface area contributed by atoms with Crippen LogP contribution in [0.3, 0.4) is 0 Å². The molecular weight excluding hydrogens is 438 g/mol. The predicted molar refractivity (Wildman–Crippen MR) is 126 cm³/mol. The molecule has 1 heterocycles. The van der Waals surface area contributed by atoms with Crippen LogP contribution in [0.4, 0.5) is 0 Å². The van der Waals surface area contributed by atoms with E-state index in [0.717, 1.165) is 16.7 Å². The quantitative estimate of drug-likeness (QED) is 0.544. The van der Waals surface area contributed by atoms with Gasteiger partial charge in [0.15, 0.2) is 18.1 Å². The Morgan fingerprint density at radius 2 is 1.76 bits per heavy atom. The van der Waals surface area contributed by atoms with Crippen LogP contribution in [0.2, 0.25) is 0 Å². The number of hydrogen-bond donors (Lipinski definition) is 2. The van der Waals surface area contributed by atoms with Gasteiger partial charge in [0, 0.05) is 19.5 Å². The van der Waals surface area contributed by atoms with Crippen LogP contribution < -0.4 is 25.1 Å². The lowest BCUT2D eigenvalue weighted by Crippen LogP contribution is -2.46. The van der Waals surface area contributed by atoms with Crippen molar-refractivity contribution in [3.63, 3.8) is 0 Å². The van der Waals surface area contributed by atoms with Gasteiger partial charge in [-0.05, 0) is 55.2 Å². The Morgan fingerprint density at radius 1 is 1.00 bits per heavy atom. The molecule has 1 saturated heterocycles. The van der Waals surface area contributed by atoms with Crippen LogP contribution in [0.1, 0.15) is 23.1 Å². The van der Waals surface area contributed by atoms with E-state index in [2.05, 4.69) is 10.9 Å². The van der Waals surface area contributed by atoms with E-state index >= 15 is 0 Å². The van der Waals surface area contributed by atoms with Crippen molar-refractivity contribution in [2.75, 3.05) is 33.9 Å². The first-order valence-corrected chi connectivity index (χ1v) is 11.1. The fraction of sp³-hybridized carbons (Fsp3) is 0.400. The summed E-state index contributed by atoms with van der Waals surface area (Å²) in [5, 5.41) is 0. The fourth-order valence-electron chi connectivity index (χ4n) is 3.74. The summed E-state index contributed by atoms with van der Waals surface area (Å²) < 4.78 is 16.1. The van der Waals surface area contributed by atoms with Gasteiger partial charge in [-0.1, -0.05) is 18.2 Å². The number of methoxy groups -OCH3 is 2. The number of nitrogens with one attached hydrogen (secondary N) is 2. The van der Waals surface area contributed by atoms with Crippen LogP contribution >= 0.6 is 0 Å². The summed E-state index contributed by atoms with van der Waals surface area (Å²) in [4.78, 5) is 38.6. The summed E-state index contributed by atoms with van der Waals surface area (Å²) in [5.41, 5.74) is 7.69. The summed E-state index contributed by atoms with van der Waals surface area (Å²) >= 11 is 0. The molecule has 9 nitrogen and oxygen atoms in total. The Hall–Kier alpha value is -3.75. The Kier molecular flexibility index (Phi) is 8.34. The smallest absolute Gasteiger partial charge is 0.276 e. The van der Waals surface area contributed by atoms with Crippen LogP contribution in [0, 0.1) is 19.8 Å². The fourth-order valence-corrected chi connectivity index (χ4v) is 3.74. The standard InChI is InChI=1S/C25H31N3O6/c1-16-5-6-17(2)21(11-16)34-15-23(29)26-27-25(31)19-13-24(30)28(14-19)10-9-18-7-8-20(32-3)22(12-18)33-4/h5-8,11-12,19H,9-10,13-15H2,1-4H3,(H,26,29)(H,27,31). The monoisotopic (exact) mass is 469 g/mol. The van der Waals surface area contributed by atoms with Crippen LogP contribution in [0.25, 0.3) is 0 Å². The van der Waals surface area contributed by atoms with Crippen LogP contribution in [-0.4, -0.2) is 56.5 Å². The Morgan fingerprint density at radius 3 is 2.50 bits per heavy atom. The van der Waals surface area contributed by atoms with Crippen molar-refractivity contribution in [3.05, 3.63) is 53.1 Å². The summed E-state index contributed by atoms with van der Waals surface area (Å²) in [6.07, 6.45) is 0.722. The first kappa shape index (κ1) is 24.9. The van der Waals surface area contributed by atoms with Gasteiger partial charge in [0.2, 0.25) is 11.8 Å². The molecule has 0 radical (unpaired) electrons. The maximum atomic E-state index is 12.5. The van der Waals surface area contributed by atoms with E-state index in [-0.39, 0.29) is 18.9 Å². The zero-order valence-corrected chi connectivity index (χ0v) is 20.0. The van der Waals surface area contributed by atoms with Crippen LogP contribution in [0.5, 0.6) is 17.2 Å². The summed E-state index contributed by atoms with van der Waals surface area (Å²) in [6.45, 7) is 4.38. The van der Waals surface area contributed by atoms with Crippen LogP contribution in [0.15, 0.2) is 36.4 Å². The lowest BCUT2D eigenvalue weighted by atomic mass is 10.1. The van der Waals surface area contributed by atoms with E-state index in [1.807, 2.05) is 50.2 Å². The molecule has 0 saturated carbocycles. The van der Waals surface area contributed by atoms with E-state index in [1.54, 1.807) is 19.1 Å². The minimum Gasteiger partial charge on any atom is -0.493 e. The summed E-state index contributed by atoms with van der Waals surface area (Å²) in [5.74, 6) is 0.381. The van der Waals surface area contributed by atoms with Crippen molar-refractivity contribution in [3.8, 4) is 17.2 Å². The van der Waals surface area contributed by atoms with Crippen molar-refractivity contribution in [1.29, 1.82) is 0 Å². The third-order valence-corrected chi connectivity index (χ3v) is 5.73. The molecule has 9 heteroatoms. The number of carbonyl (C=O) groups is 3. The van der Waals surface area contributed by atoms with Crippen molar-refractivity contribution in [2.24, 2.45) is 5.92 Å². The highest BCUT2D eigenvalue weighted by Crippen LogP contribution is 2.28. The molecule has 0 bridgehead atoms. The highest BCUT2D eigenvalue weighted by Gasteiger charge is 2.34. The zero-order chi connectivity index (χ0) is 24.7. The average Bonchev–Trinajstić information content (AvgIpc) is 3.21. The van der Waals surface area contributed by atoms with Gasteiger partial charge in [-0.15, -0.1) is 0 Å². The molecule has 0 spiro atoms. The van der Waals surface area contributed by atoms with Gasteiger partial charge in [0.1, 0.15) is 5.75 Å². The number of nitrogens with zero attached hydrogens (tertiary/aromatic N) is 1. The molecule has 1 aliphatic rings. The minimum atomic E-state index is -0.530. The molecule has 2 aromatic carbocycles. The molecule has 34 heavy (non-hydrogen) atoms. The number of aryl methyl sites for hydroxylation is 2. The van der Waals surface area contributed by atoms with E-state index in [4.69, 9.17) is 14.2 Å². The van der Waals surface area contributed by atoms with E-state index in [0.29, 0.717) is 36.8 Å². The second-order valence-electron chi connectivity index (χ2n) is 8.28. The third kappa shape index (κ3) is 6.40. The molecule has 182 valence electrons. The topological polar surface area (TPSA) is 106 Å². The second-order valence-corrected chi connectivity index (χ2v) is 8.28. The minimum absolute atomic E-state index is 0.0924. The van der Waals surface area contributed by atoms with E-state index in [9.17, 15) is 14.4 Å².